The lowest BCUT2D eigenvalue weighted by atomic mass is 9.98. The topological polar surface area (TPSA) is 37.3 Å². The Bertz CT molecular complexity index is 108. The first-order valence-electron chi connectivity index (χ1n) is 3.78. The molecule has 0 saturated heterocycles. The SMILES string of the molecule is CCC(=O)C(C)CC(C)O. The Balaban J connectivity index is 3.61. The molecule has 1 N–H and O–H groups in total. The maximum absolute atomic E-state index is 10.9. The summed E-state index contributed by atoms with van der Waals surface area (Å²) in [5, 5.41) is 8.91. The summed E-state index contributed by atoms with van der Waals surface area (Å²) in [5.41, 5.74) is 0. The van der Waals surface area contributed by atoms with Crippen molar-refractivity contribution in [2.45, 2.75) is 39.7 Å². The third-order valence-electron chi connectivity index (χ3n) is 1.59. The molecule has 2 nitrogen and oxygen atoms in total. The molecule has 60 valence electrons. The van der Waals surface area contributed by atoms with Crippen molar-refractivity contribution >= 4 is 5.78 Å². The maximum Gasteiger partial charge on any atom is 0.135 e. The summed E-state index contributed by atoms with van der Waals surface area (Å²) in [4.78, 5) is 10.9. The van der Waals surface area contributed by atoms with E-state index in [1.54, 1.807) is 6.92 Å². The zero-order chi connectivity index (χ0) is 8.15. The van der Waals surface area contributed by atoms with Crippen LogP contribution in [0.25, 0.3) is 0 Å². The van der Waals surface area contributed by atoms with Gasteiger partial charge in [0.25, 0.3) is 0 Å². The van der Waals surface area contributed by atoms with E-state index in [2.05, 4.69) is 0 Å². The summed E-state index contributed by atoms with van der Waals surface area (Å²) in [6, 6.07) is 0. The van der Waals surface area contributed by atoms with Gasteiger partial charge < -0.3 is 5.11 Å². The van der Waals surface area contributed by atoms with Crippen LogP contribution in [0.15, 0.2) is 0 Å². The molecular formula is C8H16O2. The van der Waals surface area contributed by atoms with Crippen molar-refractivity contribution in [1.82, 2.24) is 0 Å². The second-order valence-electron chi connectivity index (χ2n) is 2.81. The lowest BCUT2D eigenvalue weighted by molar-refractivity contribution is -0.122. The quantitative estimate of drug-likeness (QED) is 0.647. The number of hydrogen-bond donors (Lipinski definition) is 1. The van der Waals surface area contributed by atoms with E-state index in [9.17, 15) is 4.79 Å². The molecule has 0 fully saturated rings. The number of hydrogen-bond acceptors (Lipinski definition) is 2. The van der Waals surface area contributed by atoms with E-state index >= 15 is 0 Å². The first kappa shape index (κ1) is 9.63. The highest BCUT2D eigenvalue weighted by Crippen LogP contribution is 2.08. The third-order valence-corrected chi connectivity index (χ3v) is 1.59. The molecule has 2 unspecified atom stereocenters. The predicted molar refractivity (Wildman–Crippen MR) is 40.8 cm³/mol. The fourth-order valence-electron chi connectivity index (χ4n) is 0.992. The van der Waals surface area contributed by atoms with Gasteiger partial charge in [0.05, 0.1) is 6.10 Å². The van der Waals surface area contributed by atoms with Crippen molar-refractivity contribution in [3.8, 4) is 0 Å². The molecule has 0 amide bonds. The molecular weight excluding hydrogens is 128 g/mol. The molecule has 0 radical (unpaired) electrons. The molecule has 0 saturated carbocycles. The van der Waals surface area contributed by atoms with Crippen LogP contribution in [0.5, 0.6) is 0 Å². The monoisotopic (exact) mass is 144 g/mol. The summed E-state index contributed by atoms with van der Waals surface area (Å²) in [5.74, 6) is 0.255. The Hall–Kier alpha value is -0.370. The van der Waals surface area contributed by atoms with Crippen molar-refractivity contribution in [2.75, 3.05) is 0 Å². The van der Waals surface area contributed by atoms with E-state index < -0.39 is 0 Å². The van der Waals surface area contributed by atoms with E-state index in [4.69, 9.17) is 5.11 Å². The largest absolute Gasteiger partial charge is 0.393 e. The summed E-state index contributed by atoms with van der Waals surface area (Å²) in [7, 11) is 0. The van der Waals surface area contributed by atoms with E-state index in [0.29, 0.717) is 12.8 Å². The van der Waals surface area contributed by atoms with Crippen LogP contribution in [-0.2, 0) is 4.79 Å². The van der Waals surface area contributed by atoms with Gasteiger partial charge in [-0.3, -0.25) is 4.79 Å². The Morgan fingerprint density at radius 1 is 1.50 bits per heavy atom. The van der Waals surface area contributed by atoms with E-state index in [1.807, 2.05) is 13.8 Å². The lowest BCUT2D eigenvalue weighted by Crippen LogP contribution is -2.15. The van der Waals surface area contributed by atoms with Gasteiger partial charge >= 0.3 is 0 Å². The highest BCUT2D eigenvalue weighted by atomic mass is 16.3. The molecule has 0 heterocycles. The molecule has 0 aliphatic carbocycles. The molecule has 2 atom stereocenters. The van der Waals surface area contributed by atoms with Crippen molar-refractivity contribution in [3.63, 3.8) is 0 Å². The minimum absolute atomic E-state index is 0.0185. The summed E-state index contributed by atoms with van der Waals surface area (Å²) < 4.78 is 0. The standard InChI is InChI=1S/C8H16O2/c1-4-8(10)6(2)5-7(3)9/h6-7,9H,4-5H2,1-3H3. The Labute approximate surface area is 62.2 Å². The van der Waals surface area contributed by atoms with Crippen LogP contribution in [0, 0.1) is 5.92 Å². The zero-order valence-electron chi connectivity index (χ0n) is 6.92. The Kier molecular flexibility index (Phi) is 4.28. The highest BCUT2D eigenvalue weighted by molar-refractivity contribution is 5.80. The third kappa shape index (κ3) is 3.62. The number of Topliss-reactive ketones (excluding diaryl/α,β-unsaturated/α-hetero) is 1. The Morgan fingerprint density at radius 2 is 2.00 bits per heavy atom. The summed E-state index contributed by atoms with van der Waals surface area (Å²) in [6.45, 7) is 5.42. The summed E-state index contributed by atoms with van der Waals surface area (Å²) >= 11 is 0. The average Bonchev–Trinajstić information content (AvgIpc) is 1.85. The molecule has 0 aromatic heterocycles. The second kappa shape index (κ2) is 4.45. The van der Waals surface area contributed by atoms with Gasteiger partial charge in [-0.15, -0.1) is 0 Å². The van der Waals surface area contributed by atoms with Gasteiger partial charge in [0.1, 0.15) is 5.78 Å². The minimum Gasteiger partial charge on any atom is -0.393 e. The van der Waals surface area contributed by atoms with Gasteiger partial charge in [-0.05, 0) is 13.3 Å². The van der Waals surface area contributed by atoms with Gasteiger partial charge in [-0.1, -0.05) is 13.8 Å². The van der Waals surface area contributed by atoms with Crippen LogP contribution in [0.4, 0.5) is 0 Å². The van der Waals surface area contributed by atoms with Crippen LogP contribution in [0.1, 0.15) is 33.6 Å². The Morgan fingerprint density at radius 3 is 2.30 bits per heavy atom. The average molecular weight is 144 g/mol. The summed E-state index contributed by atoms with van der Waals surface area (Å²) in [6.07, 6.45) is 0.811. The number of aliphatic hydroxyl groups excluding tert-OH is 1. The molecule has 0 aliphatic heterocycles. The fourth-order valence-corrected chi connectivity index (χ4v) is 0.992. The number of rotatable bonds is 4. The first-order valence-corrected chi connectivity index (χ1v) is 3.78. The van der Waals surface area contributed by atoms with E-state index in [0.717, 1.165) is 0 Å². The van der Waals surface area contributed by atoms with Gasteiger partial charge in [0.2, 0.25) is 0 Å². The number of carbonyl (C=O) groups excluding carboxylic acids is 1. The molecule has 0 spiro atoms. The molecule has 2 heteroatoms. The van der Waals surface area contributed by atoms with Crippen molar-refractivity contribution in [3.05, 3.63) is 0 Å². The van der Waals surface area contributed by atoms with Gasteiger partial charge in [0.15, 0.2) is 0 Å². The van der Waals surface area contributed by atoms with Crippen LogP contribution < -0.4 is 0 Å². The van der Waals surface area contributed by atoms with Crippen LogP contribution in [-0.4, -0.2) is 17.0 Å². The van der Waals surface area contributed by atoms with Gasteiger partial charge in [-0.25, -0.2) is 0 Å². The molecule has 0 aromatic rings. The fraction of sp³-hybridized carbons (Fsp3) is 0.875. The molecule has 0 bridgehead atoms. The lowest BCUT2D eigenvalue weighted by Gasteiger charge is -2.09. The predicted octanol–water partition coefficient (Wildman–Crippen LogP) is 1.37. The van der Waals surface area contributed by atoms with E-state index in [-0.39, 0.29) is 17.8 Å². The maximum atomic E-state index is 10.9. The van der Waals surface area contributed by atoms with E-state index in [1.165, 1.54) is 0 Å². The smallest absolute Gasteiger partial charge is 0.135 e. The van der Waals surface area contributed by atoms with Gasteiger partial charge in [0, 0.05) is 12.3 Å². The minimum atomic E-state index is -0.356. The molecule has 10 heavy (non-hydrogen) atoms. The van der Waals surface area contributed by atoms with Crippen LogP contribution >= 0.6 is 0 Å². The normalized spacial score (nSPS) is 16.4. The zero-order valence-corrected chi connectivity index (χ0v) is 6.92. The van der Waals surface area contributed by atoms with Crippen LogP contribution in [0.2, 0.25) is 0 Å². The molecule has 0 rings (SSSR count). The van der Waals surface area contributed by atoms with Gasteiger partial charge in [-0.2, -0.15) is 0 Å². The first-order chi connectivity index (χ1) is 4.57. The highest BCUT2D eigenvalue weighted by Gasteiger charge is 2.12. The van der Waals surface area contributed by atoms with Crippen LogP contribution in [0.3, 0.4) is 0 Å². The number of carbonyl (C=O) groups is 1. The number of ketones is 1. The molecule has 0 aliphatic rings. The van der Waals surface area contributed by atoms with Crippen molar-refractivity contribution in [2.24, 2.45) is 5.92 Å². The molecule has 0 aromatic carbocycles. The number of aliphatic hydroxyl groups is 1. The van der Waals surface area contributed by atoms with Crippen molar-refractivity contribution < 1.29 is 9.90 Å². The second-order valence-corrected chi connectivity index (χ2v) is 2.81. The van der Waals surface area contributed by atoms with Crippen molar-refractivity contribution in [1.29, 1.82) is 0 Å².